The maximum absolute atomic E-state index is 13.5. The Morgan fingerprint density at radius 2 is 1.70 bits per heavy atom. The van der Waals surface area contributed by atoms with Gasteiger partial charge in [-0.05, 0) is 29.7 Å². The molecule has 0 amide bonds. The topological polar surface area (TPSA) is 65.4 Å². The molecule has 0 fully saturated rings. The number of hydrogen-bond acceptors (Lipinski definition) is 4. The van der Waals surface area contributed by atoms with Crippen molar-refractivity contribution >= 4 is 44.1 Å². The smallest absolute Gasteiger partial charge is 0.268 e. The van der Waals surface area contributed by atoms with E-state index in [1.807, 2.05) is 24.3 Å². The zero-order chi connectivity index (χ0) is 18.6. The number of rotatable bonds is 3. The molecule has 2 heterocycles. The van der Waals surface area contributed by atoms with Gasteiger partial charge in [0, 0.05) is 17.1 Å². The number of nitrogens with zero attached hydrogens (tertiary/aromatic N) is 1. The van der Waals surface area contributed by atoms with Crippen LogP contribution in [0.15, 0.2) is 77.5 Å². The third-order valence-corrected chi connectivity index (χ3v) is 6.45. The fraction of sp³-hybridized carbons (Fsp3) is 0. The fourth-order valence-electron chi connectivity index (χ4n) is 3.54. The molecule has 27 heavy (non-hydrogen) atoms. The normalized spacial score (nSPS) is 13.4. The van der Waals surface area contributed by atoms with Gasteiger partial charge in [0.15, 0.2) is 12.0 Å². The molecule has 1 aromatic heterocycles. The Bertz CT molecular complexity index is 1370. The third-order valence-electron chi connectivity index (χ3n) is 4.71. The molecule has 5 rings (SSSR count). The predicted octanol–water partition coefficient (Wildman–Crippen LogP) is 3.96. The van der Waals surface area contributed by atoms with Crippen molar-refractivity contribution < 1.29 is 17.9 Å². The van der Waals surface area contributed by atoms with Gasteiger partial charge in [-0.1, -0.05) is 42.5 Å². The van der Waals surface area contributed by atoms with Crippen molar-refractivity contribution in [2.45, 2.75) is 4.90 Å². The van der Waals surface area contributed by atoms with E-state index in [0.29, 0.717) is 33.9 Å². The van der Waals surface area contributed by atoms with Crippen LogP contribution in [0.2, 0.25) is 0 Å². The molecule has 1 aliphatic heterocycles. The quantitative estimate of drug-likeness (QED) is 0.508. The molecule has 0 N–H and O–H groups in total. The number of carbonyl (C=O) groups excluding carboxylic acids is 1. The SMILES string of the molecule is O=CC1=Cc2cn(S(=O)(=O)c3cccc4ccccc34)c3cccc(c23)O1. The summed E-state index contributed by atoms with van der Waals surface area (Å²) in [5, 5.41) is 2.19. The van der Waals surface area contributed by atoms with Crippen LogP contribution in [0.1, 0.15) is 5.56 Å². The Kier molecular flexibility index (Phi) is 3.26. The lowest BCUT2D eigenvalue weighted by molar-refractivity contribution is -0.106. The zero-order valence-corrected chi connectivity index (χ0v) is 14.8. The molecule has 0 atom stereocenters. The first kappa shape index (κ1) is 15.8. The van der Waals surface area contributed by atoms with Crippen LogP contribution >= 0.6 is 0 Å². The summed E-state index contributed by atoms with van der Waals surface area (Å²) in [7, 11) is -3.85. The molecule has 1 aliphatic rings. The number of ether oxygens (including phenoxy) is 1. The number of allylic oxidation sites excluding steroid dienone is 1. The van der Waals surface area contributed by atoms with Crippen molar-refractivity contribution in [1.82, 2.24) is 3.97 Å². The third kappa shape index (κ3) is 2.23. The highest BCUT2D eigenvalue weighted by Crippen LogP contribution is 2.38. The van der Waals surface area contributed by atoms with E-state index in [9.17, 15) is 13.2 Å². The Balaban J connectivity index is 1.83. The average Bonchev–Trinajstić information content (AvgIpc) is 3.08. The predicted molar refractivity (Wildman–Crippen MR) is 103 cm³/mol. The molecule has 3 aromatic carbocycles. The summed E-state index contributed by atoms with van der Waals surface area (Å²) >= 11 is 0. The zero-order valence-electron chi connectivity index (χ0n) is 14.0. The van der Waals surface area contributed by atoms with Crippen LogP contribution in [0.3, 0.4) is 0 Å². The van der Waals surface area contributed by atoms with E-state index in [1.165, 1.54) is 10.2 Å². The summed E-state index contributed by atoms with van der Waals surface area (Å²) in [6, 6.07) is 17.8. The van der Waals surface area contributed by atoms with Gasteiger partial charge < -0.3 is 4.74 Å². The van der Waals surface area contributed by atoms with Crippen LogP contribution in [0.4, 0.5) is 0 Å². The van der Waals surface area contributed by atoms with Crippen LogP contribution in [0.5, 0.6) is 5.75 Å². The highest BCUT2D eigenvalue weighted by atomic mass is 32.2. The molecule has 0 unspecified atom stereocenters. The standard InChI is InChI=1S/C21H13NO4S/c23-13-16-11-15-12-22(18-8-4-9-19(26-16)21(15)18)27(24,25)20-10-3-6-14-5-1-2-7-17(14)20/h1-13H. The minimum absolute atomic E-state index is 0.148. The maximum atomic E-state index is 13.5. The van der Waals surface area contributed by atoms with E-state index in [0.717, 1.165) is 5.39 Å². The van der Waals surface area contributed by atoms with Crippen molar-refractivity contribution in [2.75, 3.05) is 0 Å². The lowest BCUT2D eigenvalue weighted by Gasteiger charge is -2.12. The molecule has 0 saturated carbocycles. The monoisotopic (exact) mass is 375 g/mol. The molecule has 132 valence electrons. The fourth-order valence-corrected chi connectivity index (χ4v) is 5.13. The number of carbonyl (C=O) groups is 1. The van der Waals surface area contributed by atoms with Crippen LogP contribution < -0.4 is 4.74 Å². The van der Waals surface area contributed by atoms with Crippen LogP contribution in [-0.4, -0.2) is 18.7 Å². The van der Waals surface area contributed by atoms with E-state index in [2.05, 4.69) is 0 Å². The van der Waals surface area contributed by atoms with Gasteiger partial charge in [0.2, 0.25) is 0 Å². The summed E-state index contributed by atoms with van der Waals surface area (Å²) in [6.45, 7) is 0. The first-order valence-corrected chi connectivity index (χ1v) is 9.76. The van der Waals surface area contributed by atoms with Gasteiger partial charge in [0.05, 0.1) is 15.8 Å². The van der Waals surface area contributed by atoms with Crippen molar-refractivity contribution in [1.29, 1.82) is 0 Å². The molecule has 0 aliphatic carbocycles. The maximum Gasteiger partial charge on any atom is 0.268 e. The second-order valence-corrected chi connectivity index (χ2v) is 8.06. The van der Waals surface area contributed by atoms with Gasteiger partial charge in [0.25, 0.3) is 10.0 Å². The first-order chi connectivity index (χ1) is 13.1. The molecular formula is C21H13NO4S. The Labute approximate surface area is 155 Å². The minimum Gasteiger partial charge on any atom is -0.453 e. The van der Waals surface area contributed by atoms with E-state index in [4.69, 9.17) is 4.74 Å². The minimum atomic E-state index is -3.85. The molecule has 0 saturated heterocycles. The summed E-state index contributed by atoms with van der Waals surface area (Å²) in [4.78, 5) is 11.4. The van der Waals surface area contributed by atoms with Gasteiger partial charge in [-0.2, -0.15) is 0 Å². The van der Waals surface area contributed by atoms with E-state index < -0.39 is 10.0 Å². The van der Waals surface area contributed by atoms with Crippen molar-refractivity contribution in [3.8, 4) is 5.75 Å². The van der Waals surface area contributed by atoms with Crippen LogP contribution in [-0.2, 0) is 14.8 Å². The summed E-state index contributed by atoms with van der Waals surface area (Å²) < 4.78 is 33.8. The van der Waals surface area contributed by atoms with Crippen molar-refractivity contribution in [3.05, 3.63) is 78.2 Å². The number of aromatic nitrogens is 1. The van der Waals surface area contributed by atoms with Crippen LogP contribution in [0.25, 0.3) is 27.8 Å². The van der Waals surface area contributed by atoms with E-state index in [1.54, 1.807) is 42.5 Å². The van der Waals surface area contributed by atoms with Gasteiger partial charge in [-0.3, -0.25) is 4.79 Å². The Morgan fingerprint density at radius 3 is 2.56 bits per heavy atom. The van der Waals surface area contributed by atoms with Crippen molar-refractivity contribution in [2.24, 2.45) is 0 Å². The van der Waals surface area contributed by atoms with E-state index in [-0.39, 0.29) is 10.7 Å². The molecule has 0 bridgehead atoms. The molecule has 0 spiro atoms. The second kappa shape index (κ2) is 5.56. The van der Waals surface area contributed by atoms with Gasteiger partial charge >= 0.3 is 0 Å². The summed E-state index contributed by atoms with van der Waals surface area (Å²) in [6.07, 6.45) is 3.70. The molecule has 5 nitrogen and oxygen atoms in total. The van der Waals surface area contributed by atoms with Gasteiger partial charge in [-0.25, -0.2) is 12.4 Å². The molecular weight excluding hydrogens is 362 g/mol. The molecule has 4 aromatic rings. The molecule has 0 radical (unpaired) electrons. The number of aldehydes is 1. The first-order valence-electron chi connectivity index (χ1n) is 8.32. The van der Waals surface area contributed by atoms with Gasteiger partial charge in [0.1, 0.15) is 5.75 Å². The second-order valence-electron chi connectivity index (χ2n) is 6.28. The Hall–Kier alpha value is -3.38. The van der Waals surface area contributed by atoms with Gasteiger partial charge in [-0.15, -0.1) is 0 Å². The average molecular weight is 375 g/mol. The largest absolute Gasteiger partial charge is 0.453 e. The molecule has 6 heteroatoms. The lowest BCUT2D eigenvalue weighted by atomic mass is 10.1. The van der Waals surface area contributed by atoms with Crippen molar-refractivity contribution in [3.63, 3.8) is 0 Å². The number of benzene rings is 3. The van der Waals surface area contributed by atoms with Crippen LogP contribution in [0, 0.1) is 0 Å². The Morgan fingerprint density at radius 1 is 0.926 bits per heavy atom. The number of hydrogen-bond donors (Lipinski definition) is 0. The number of fused-ring (bicyclic) bond motifs is 1. The summed E-state index contributed by atoms with van der Waals surface area (Å²) in [5.41, 5.74) is 1.15. The highest BCUT2D eigenvalue weighted by molar-refractivity contribution is 7.90. The highest BCUT2D eigenvalue weighted by Gasteiger charge is 2.26. The summed E-state index contributed by atoms with van der Waals surface area (Å²) in [5.74, 6) is 0.620. The van der Waals surface area contributed by atoms with E-state index >= 15 is 0 Å². The lowest BCUT2D eigenvalue weighted by Crippen LogP contribution is -2.12.